The Bertz CT molecular complexity index is 1020. The monoisotopic (exact) mass is 477 g/mol. The van der Waals surface area contributed by atoms with E-state index in [0.717, 1.165) is 0 Å². The second-order valence-electron chi connectivity index (χ2n) is 8.39. The molecule has 0 aliphatic heterocycles. The molecule has 0 spiro atoms. The SMILES string of the molecule is CCN(CC)S(=O)(=O)c1cccc(C(=O)NC(C(=O)NCC(C)Cn2cccn2)C(C)C)c1. The highest BCUT2D eigenvalue weighted by Gasteiger charge is 2.26. The van der Waals surface area contributed by atoms with Crippen molar-refractivity contribution in [1.82, 2.24) is 24.7 Å². The Hall–Kier alpha value is -2.72. The number of carbonyl (C=O) groups excluding carboxylic acids is 2. The Labute approximate surface area is 196 Å². The predicted molar refractivity (Wildman–Crippen MR) is 127 cm³/mol. The number of rotatable bonds is 12. The van der Waals surface area contributed by atoms with Crippen LogP contribution in [-0.2, 0) is 21.4 Å². The van der Waals surface area contributed by atoms with Gasteiger partial charge in [-0.1, -0.05) is 40.7 Å². The van der Waals surface area contributed by atoms with Gasteiger partial charge in [-0.3, -0.25) is 14.3 Å². The second-order valence-corrected chi connectivity index (χ2v) is 10.3. The number of aromatic nitrogens is 2. The lowest BCUT2D eigenvalue weighted by Gasteiger charge is -2.23. The van der Waals surface area contributed by atoms with Crippen molar-refractivity contribution in [2.45, 2.75) is 52.1 Å². The van der Waals surface area contributed by atoms with Gasteiger partial charge in [0.1, 0.15) is 6.04 Å². The number of sulfonamides is 1. The Morgan fingerprint density at radius 2 is 1.82 bits per heavy atom. The van der Waals surface area contributed by atoms with E-state index in [-0.39, 0.29) is 28.2 Å². The van der Waals surface area contributed by atoms with E-state index in [1.807, 2.05) is 33.0 Å². The fourth-order valence-electron chi connectivity index (χ4n) is 3.45. The molecular weight excluding hydrogens is 442 g/mol. The topological polar surface area (TPSA) is 113 Å². The summed E-state index contributed by atoms with van der Waals surface area (Å²) in [6.07, 6.45) is 3.57. The van der Waals surface area contributed by atoms with Gasteiger partial charge in [0, 0.05) is 44.1 Å². The summed E-state index contributed by atoms with van der Waals surface area (Å²) in [5, 5.41) is 9.83. The molecule has 0 radical (unpaired) electrons. The zero-order chi connectivity index (χ0) is 24.6. The molecule has 0 saturated heterocycles. The summed E-state index contributed by atoms with van der Waals surface area (Å²) in [7, 11) is -3.69. The maximum Gasteiger partial charge on any atom is 0.251 e. The molecule has 0 aliphatic rings. The van der Waals surface area contributed by atoms with Crippen LogP contribution in [0.25, 0.3) is 0 Å². The average molecular weight is 478 g/mol. The molecule has 2 N–H and O–H groups in total. The highest BCUT2D eigenvalue weighted by molar-refractivity contribution is 7.89. The van der Waals surface area contributed by atoms with Crippen LogP contribution >= 0.6 is 0 Å². The molecule has 9 nitrogen and oxygen atoms in total. The van der Waals surface area contributed by atoms with Crippen molar-refractivity contribution in [3.05, 3.63) is 48.3 Å². The molecule has 1 heterocycles. The van der Waals surface area contributed by atoms with Crippen LogP contribution in [0.1, 0.15) is 45.0 Å². The van der Waals surface area contributed by atoms with Gasteiger partial charge in [-0.2, -0.15) is 9.40 Å². The second kappa shape index (κ2) is 11.9. The largest absolute Gasteiger partial charge is 0.354 e. The maximum absolute atomic E-state index is 12.9. The Morgan fingerprint density at radius 1 is 1.12 bits per heavy atom. The molecule has 2 rings (SSSR count). The highest BCUT2D eigenvalue weighted by Crippen LogP contribution is 2.17. The van der Waals surface area contributed by atoms with E-state index in [4.69, 9.17) is 0 Å². The van der Waals surface area contributed by atoms with Gasteiger partial charge >= 0.3 is 0 Å². The summed E-state index contributed by atoms with van der Waals surface area (Å²) in [5.41, 5.74) is 0.189. The summed E-state index contributed by atoms with van der Waals surface area (Å²) in [4.78, 5) is 25.7. The molecule has 10 heteroatoms. The van der Waals surface area contributed by atoms with Crippen molar-refractivity contribution >= 4 is 21.8 Å². The first-order chi connectivity index (χ1) is 15.6. The highest BCUT2D eigenvalue weighted by atomic mass is 32.2. The number of amides is 2. The maximum atomic E-state index is 12.9. The summed E-state index contributed by atoms with van der Waals surface area (Å²) < 4.78 is 28.7. The lowest BCUT2D eigenvalue weighted by atomic mass is 10.0. The molecule has 182 valence electrons. The van der Waals surface area contributed by atoms with Crippen LogP contribution in [0.3, 0.4) is 0 Å². The summed E-state index contributed by atoms with van der Waals surface area (Å²) in [6, 6.07) is 6.99. The van der Waals surface area contributed by atoms with Crippen LogP contribution in [0.15, 0.2) is 47.6 Å². The van der Waals surface area contributed by atoms with Crippen LogP contribution < -0.4 is 10.6 Å². The standard InChI is InChI=1S/C23H35N5O4S/c1-6-28(7-2)33(31,32)20-11-8-10-19(14-20)22(29)26-21(17(3)4)23(30)24-15-18(5)16-27-13-9-12-25-27/h8-14,17-18,21H,6-7,15-16H2,1-5H3,(H,24,30)(H,26,29). The Morgan fingerprint density at radius 3 is 2.39 bits per heavy atom. The van der Waals surface area contributed by atoms with Gasteiger partial charge in [0.2, 0.25) is 15.9 Å². The minimum absolute atomic E-state index is 0.0526. The molecule has 33 heavy (non-hydrogen) atoms. The third-order valence-electron chi connectivity index (χ3n) is 5.36. The number of hydrogen-bond acceptors (Lipinski definition) is 5. The van der Waals surface area contributed by atoms with Crippen LogP contribution in [0.2, 0.25) is 0 Å². The lowest BCUT2D eigenvalue weighted by Crippen LogP contribution is -2.50. The van der Waals surface area contributed by atoms with Gasteiger partial charge in [0.05, 0.1) is 4.90 Å². The van der Waals surface area contributed by atoms with Crippen molar-refractivity contribution in [3.63, 3.8) is 0 Å². The van der Waals surface area contributed by atoms with Crippen LogP contribution in [0.5, 0.6) is 0 Å². The zero-order valence-corrected chi connectivity index (χ0v) is 20.8. The molecule has 2 aromatic rings. The fourth-order valence-corrected chi connectivity index (χ4v) is 4.95. The van der Waals surface area contributed by atoms with Gasteiger partial charge in [-0.05, 0) is 36.1 Å². The number of carbonyl (C=O) groups is 2. The van der Waals surface area contributed by atoms with Gasteiger partial charge in [-0.25, -0.2) is 8.42 Å². The Balaban J connectivity index is 2.07. The number of benzene rings is 1. The Kier molecular flexibility index (Phi) is 9.60. The minimum Gasteiger partial charge on any atom is -0.354 e. The first-order valence-corrected chi connectivity index (χ1v) is 12.7. The van der Waals surface area contributed by atoms with Crippen molar-refractivity contribution in [1.29, 1.82) is 0 Å². The van der Waals surface area contributed by atoms with E-state index in [2.05, 4.69) is 15.7 Å². The van der Waals surface area contributed by atoms with E-state index in [1.165, 1.54) is 28.6 Å². The van der Waals surface area contributed by atoms with E-state index >= 15 is 0 Å². The first kappa shape index (κ1) is 26.5. The van der Waals surface area contributed by atoms with Crippen LogP contribution in [-0.4, -0.2) is 60.0 Å². The number of nitrogens with one attached hydrogen (secondary N) is 2. The van der Waals surface area contributed by atoms with Crippen LogP contribution in [0, 0.1) is 11.8 Å². The minimum atomic E-state index is -3.69. The summed E-state index contributed by atoms with van der Waals surface area (Å²) >= 11 is 0. The summed E-state index contributed by atoms with van der Waals surface area (Å²) in [6.45, 7) is 11.0. The normalized spacial score (nSPS) is 13.7. The van der Waals surface area contributed by atoms with Gasteiger partial charge in [0.25, 0.3) is 5.91 Å². The number of hydrogen-bond donors (Lipinski definition) is 2. The van der Waals surface area contributed by atoms with E-state index in [1.54, 1.807) is 24.7 Å². The molecule has 0 saturated carbocycles. The molecule has 2 atom stereocenters. The van der Waals surface area contributed by atoms with Crippen molar-refractivity contribution in [2.75, 3.05) is 19.6 Å². The van der Waals surface area contributed by atoms with Crippen LogP contribution in [0.4, 0.5) is 0 Å². The zero-order valence-electron chi connectivity index (χ0n) is 20.0. The lowest BCUT2D eigenvalue weighted by molar-refractivity contribution is -0.124. The van der Waals surface area contributed by atoms with E-state index in [9.17, 15) is 18.0 Å². The average Bonchev–Trinajstić information content (AvgIpc) is 3.29. The summed E-state index contributed by atoms with van der Waals surface area (Å²) in [5.74, 6) is -0.778. The van der Waals surface area contributed by atoms with E-state index < -0.39 is 22.0 Å². The predicted octanol–water partition coefficient (Wildman–Crippen LogP) is 2.12. The smallest absolute Gasteiger partial charge is 0.251 e. The molecule has 0 fully saturated rings. The molecule has 1 aromatic carbocycles. The van der Waals surface area contributed by atoms with Gasteiger partial charge in [0.15, 0.2) is 0 Å². The van der Waals surface area contributed by atoms with Crippen molar-refractivity contribution < 1.29 is 18.0 Å². The molecular formula is C23H35N5O4S. The van der Waals surface area contributed by atoms with Crippen molar-refractivity contribution in [3.8, 4) is 0 Å². The number of nitrogens with zero attached hydrogens (tertiary/aromatic N) is 3. The molecule has 0 bridgehead atoms. The van der Waals surface area contributed by atoms with Crippen molar-refractivity contribution in [2.24, 2.45) is 11.8 Å². The third-order valence-corrected chi connectivity index (χ3v) is 7.40. The molecule has 2 unspecified atom stereocenters. The molecule has 0 aliphatic carbocycles. The third kappa shape index (κ3) is 7.13. The van der Waals surface area contributed by atoms with Gasteiger partial charge < -0.3 is 10.6 Å². The first-order valence-electron chi connectivity index (χ1n) is 11.3. The fraction of sp³-hybridized carbons (Fsp3) is 0.522. The quantitative estimate of drug-likeness (QED) is 0.486. The molecule has 2 amide bonds. The molecule has 1 aromatic heterocycles. The van der Waals surface area contributed by atoms with Gasteiger partial charge in [-0.15, -0.1) is 0 Å². The van der Waals surface area contributed by atoms with E-state index in [0.29, 0.717) is 26.2 Å².